The number of phenols is 2. The van der Waals surface area contributed by atoms with Crippen LogP contribution >= 0.6 is 0 Å². The minimum Gasteiger partial charge on any atom is -0.504 e. The summed E-state index contributed by atoms with van der Waals surface area (Å²) < 4.78 is 0. The van der Waals surface area contributed by atoms with Gasteiger partial charge in [0.1, 0.15) is 0 Å². The van der Waals surface area contributed by atoms with Crippen molar-refractivity contribution in [2.75, 3.05) is 0 Å². The van der Waals surface area contributed by atoms with Gasteiger partial charge in [0.15, 0.2) is 23.9 Å². The fraction of sp³-hybridized carbons (Fsp3) is 0.100. The summed E-state index contributed by atoms with van der Waals surface area (Å²) in [6.45, 7) is 1.89. The van der Waals surface area contributed by atoms with Crippen molar-refractivity contribution in [1.82, 2.24) is 0 Å². The second-order valence-electron chi connectivity index (χ2n) is 3.03. The first-order valence-electron chi connectivity index (χ1n) is 4.01. The van der Waals surface area contributed by atoms with Gasteiger partial charge >= 0.3 is 0 Å². The Morgan fingerprint density at radius 3 is 2.77 bits per heavy atom. The van der Waals surface area contributed by atoms with Crippen LogP contribution in [0.5, 0.6) is 11.5 Å². The van der Waals surface area contributed by atoms with Gasteiger partial charge in [-0.3, -0.25) is 0 Å². The molecule has 0 radical (unpaired) electrons. The minimum atomic E-state index is -0.0791. The molecule has 3 nitrogen and oxygen atoms in total. The molecule has 2 rings (SSSR count). The standard InChI is InChI=1S/C10H9NO2/c1-6-4-9(12)10(13)8-5-11-3-2-7(6)8/h2-5,12-13H,1H3/p+1. The summed E-state index contributed by atoms with van der Waals surface area (Å²) in [6, 6.07) is 3.42. The van der Waals surface area contributed by atoms with Gasteiger partial charge in [-0.2, -0.15) is 0 Å². The Morgan fingerprint density at radius 1 is 1.23 bits per heavy atom. The molecule has 1 aromatic heterocycles. The number of H-pyrrole nitrogens is 1. The van der Waals surface area contributed by atoms with Gasteiger partial charge in [-0.15, -0.1) is 0 Å². The number of aromatic amines is 1. The Kier molecular flexibility index (Phi) is 1.59. The van der Waals surface area contributed by atoms with Gasteiger partial charge < -0.3 is 10.2 Å². The van der Waals surface area contributed by atoms with E-state index in [0.29, 0.717) is 5.39 Å². The number of rotatable bonds is 0. The number of aryl methyl sites for hydroxylation is 1. The maximum atomic E-state index is 9.51. The largest absolute Gasteiger partial charge is 0.504 e. The highest BCUT2D eigenvalue weighted by Crippen LogP contribution is 2.34. The fourth-order valence-electron chi connectivity index (χ4n) is 1.46. The van der Waals surface area contributed by atoms with Crippen LogP contribution in [0.15, 0.2) is 24.5 Å². The van der Waals surface area contributed by atoms with Crippen LogP contribution in [0.1, 0.15) is 5.56 Å². The first-order chi connectivity index (χ1) is 6.20. The van der Waals surface area contributed by atoms with E-state index in [1.807, 2.05) is 13.0 Å². The van der Waals surface area contributed by atoms with Crippen molar-refractivity contribution in [2.45, 2.75) is 6.92 Å². The predicted octanol–water partition coefficient (Wildman–Crippen LogP) is 1.37. The van der Waals surface area contributed by atoms with Crippen LogP contribution in [0, 0.1) is 6.92 Å². The molecule has 0 spiro atoms. The zero-order valence-corrected chi connectivity index (χ0v) is 7.20. The van der Waals surface area contributed by atoms with Crippen molar-refractivity contribution < 1.29 is 15.2 Å². The van der Waals surface area contributed by atoms with Crippen molar-refractivity contribution in [1.29, 1.82) is 0 Å². The molecule has 2 aromatic rings. The first-order valence-corrected chi connectivity index (χ1v) is 4.01. The van der Waals surface area contributed by atoms with E-state index in [4.69, 9.17) is 0 Å². The molecule has 0 amide bonds. The molecule has 1 aromatic carbocycles. The number of hydrogen-bond acceptors (Lipinski definition) is 2. The van der Waals surface area contributed by atoms with Crippen molar-refractivity contribution in [3.05, 3.63) is 30.1 Å². The second kappa shape index (κ2) is 2.62. The van der Waals surface area contributed by atoms with Crippen LogP contribution in [0.4, 0.5) is 0 Å². The maximum Gasteiger partial charge on any atom is 0.178 e. The quantitative estimate of drug-likeness (QED) is 0.596. The van der Waals surface area contributed by atoms with Gasteiger partial charge in [0, 0.05) is 11.5 Å². The number of benzene rings is 1. The summed E-state index contributed by atoms with van der Waals surface area (Å²) in [4.78, 5) is 2.86. The molecule has 0 aliphatic rings. The molecule has 3 N–H and O–H groups in total. The molecule has 0 bridgehead atoms. The van der Waals surface area contributed by atoms with E-state index in [0.717, 1.165) is 10.9 Å². The number of nitrogens with one attached hydrogen (secondary N) is 1. The summed E-state index contributed by atoms with van der Waals surface area (Å²) in [5, 5.41) is 20.4. The Bertz CT molecular complexity index is 466. The lowest BCUT2D eigenvalue weighted by Crippen LogP contribution is -1.98. The van der Waals surface area contributed by atoms with Crippen LogP contribution in [-0.2, 0) is 0 Å². The maximum absolute atomic E-state index is 9.51. The highest BCUT2D eigenvalue weighted by Gasteiger charge is 2.09. The van der Waals surface area contributed by atoms with Crippen LogP contribution in [-0.4, -0.2) is 10.2 Å². The molecular formula is C10H10NO2+. The molecule has 0 aliphatic heterocycles. The molecule has 66 valence electrons. The summed E-state index contributed by atoms with van der Waals surface area (Å²) in [7, 11) is 0. The van der Waals surface area contributed by atoms with E-state index < -0.39 is 0 Å². The van der Waals surface area contributed by atoms with Crippen molar-refractivity contribution in [3.63, 3.8) is 0 Å². The molecular weight excluding hydrogens is 166 g/mol. The van der Waals surface area contributed by atoms with Crippen LogP contribution in [0.3, 0.4) is 0 Å². The first kappa shape index (κ1) is 7.86. The third-order valence-corrected chi connectivity index (χ3v) is 2.14. The highest BCUT2D eigenvalue weighted by atomic mass is 16.3. The summed E-state index contributed by atoms with van der Waals surface area (Å²) in [5.41, 5.74) is 0.944. The Labute approximate surface area is 75.3 Å². The van der Waals surface area contributed by atoms with Crippen LogP contribution < -0.4 is 4.98 Å². The van der Waals surface area contributed by atoms with Crippen molar-refractivity contribution in [3.8, 4) is 11.5 Å². The van der Waals surface area contributed by atoms with E-state index in [9.17, 15) is 10.2 Å². The van der Waals surface area contributed by atoms with E-state index in [-0.39, 0.29) is 11.5 Å². The zero-order valence-electron chi connectivity index (χ0n) is 7.20. The van der Waals surface area contributed by atoms with Gasteiger partial charge in [-0.25, -0.2) is 4.98 Å². The molecule has 0 saturated carbocycles. The second-order valence-corrected chi connectivity index (χ2v) is 3.03. The number of pyridine rings is 1. The van der Waals surface area contributed by atoms with Crippen molar-refractivity contribution in [2.24, 2.45) is 0 Å². The smallest absolute Gasteiger partial charge is 0.178 e. The van der Waals surface area contributed by atoms with Gasteiger partial charge in [-0.05, 0) is 18.6 Å². The Hall–Kier alpha value is -1.77. The molecule has 0 aliphatic carbocycles. The van der Waals surface area contributed by atoms with E-state index in [1.54, 1.807) is 18.5 Å². The molecule has 0 saturated heterocycles. The fourth-order valence-corrected chi connectivity index (χ4v) is 1.46. The van der Waals surface area contributed by atoms with E-state index in [2.05, 4.69) is 4.98 Å². The zero-order chi connectivity index (χ0) is 9.42. The average Bonchev–Trinajstić information content (AvgIpc) is 2.15. The SMILES string of the molecule is Cc1cc(O)c(O)c2c[nH+]ccc12. The number of phenolic OH excluding ortho intramolecular Hbond substituents is 2. The Morgan fingerprint density at radius 2 is 2.00 bits per heavy atom. The minimum absolute atomic E-state index is 0.0718. The molecule has 3 heteroatoms. The number of hydrogen-bond donors (Lipinski definition) is 2. The van der Waals surface area contributed by atoms with Gasteiger partial charge in [0.05, 0.1) is 5.39 Å². The summed E-state index contributed by atoms with van der Waals surface area (Å²) >= 11 is 0. The van der Waals surface area contributed by atoms with E-state index >= 15 is 0 Å². The van der Waals surface area contributed by atoms with Crippen LogP contribution in [0.2, 0.25) is 0 Å². The number of aromatic hydroxyl groups is 2. The summed E-state index contributed by atoms with van der Waals surface area (Å²) in [6.07, 6.45) is 3.45. The lowest BCUT2D eigenvalue weighted by Gasteiger charge is -2.03. The Balaban J connectivity index is 2.97. The molecule has 1 heterocycles. The van der Waals surface area contributed by atoms with Gasteiger partial charge in [0.2, 0.25) is 0 Å². The van der Waals surface area contributed by atoms with Crippen molar-refractivity contribution >= 4 is 10.8 Å². The highest BCUT2D eigenvalue weighted by molar-refractivity contribution is 5.91. The lowest BCUT2D eigenvalue weighted by molar-refractivity contribution is -0.375. The summed E-state index contributed by atoms with van der Waals surface area (Å²) in [5.74, 6) is -0.151. The average molecular weight is 176 g/mol. The van der Waals surface area contributed by atoms with Crippen LogP contribution in [0.25, 0.3) is 10.8 Å². The predicted molar refractivity (Wildman–Crippen MR) is 48.6 cm³/mol. The number of fused-ring (bicyclic) bond motifs is 1. The third kappa shape index (κ3) is 1.09. The van der Waals surface area contributed by atoms with Gasteiger partial charge in [-0.1, -0.05) is 0 Å². The lowest BCUT2D eigenvalue weighted by atomic mass is 10.1. The topological polar surface area (TPSA) is 54.6 Å². The van der Waals surface area contributed by atoms with Gasteiger partial charge in [0.25, 0.3) is 0 Å². The molecule has 0 fully saturated rings. The molecule has 0 unspecified atom stereocenters. The van der Waals surface area contributed by atoms with E-state index in [1.165, 1.54) is 0 Å². The monoisotopic (exact) mass is 176 g/mol. The number of aromatic nitrogens is 1. The molecule has 13 heavy (non-hydrogen) atoms. The normalized spacial score (nSPS) is 10.5. The third-order valence-electron chi connectivity index (χ3n) is 2.14. The molecule has 0 atom stereocenters.